The van der Waals surface area contributed by atoms with E-state index in [-0.39, 0.29) is 10.7 Å². The second kappa shape index (κ2) is 8.61. The number of carbonyl (C=O) groups is 2. The average Bonchev–Trinajstić information content (AvgIpc) is 3.13. The molecular formula is C21H24ClN3O3. The number of benzene rings is 1. The fraction of sp³-hybridized carbons (Fsp3) is 0.381. The van der Waals surface area contributed by atoms with Gasteiger partial charge in [0, 0.05) is 30.2 Å². The smallest absolute Gasteiger partial charge is 0.342 e. The fourth-order valence-electron chi connectivity index (χ4n) is 3.48. The van der Waals surface area contributed by atoms with Crippen LogP contribution in [-0.4, -0.2) is 36.6 Å². The first kappa shape index (κ1) is 20.1. The predicted molar refractivity (Wildman–Crippen MR) is 110 cm³/mol. The summed E-state index contributed by atoms with van der Waals surface area (Å²) in [6.07, 6.45) is 2.42. The zero-order chi connectivity index (χ0) is 20.3. The molecule has 1 aliphatic rings. The minimum atomic E-state index is -0.661. The number of ether oxygens (including phenoxy) is 1. The van der Waals surface area contributed by atoms with Gasteiger partial charge in [-0.15, -0.1) is 0 Å². The maximum Gasteiger partial charge on any atom is 0.342 e. The van der Waals surface area contributed by atoms with Crippen LogP contribution >= 0.6 is 11.6 Å². The van der Waals surface area contributed by atoms with Crippen molar-refractivity contribution < 1.29 is 14.3 Å². The summed E-state index contributed by atoms with van der Waals surface area (Å²) in [7, 11) is 0. The van der Waals surface area contributed by atoms with Crippen LogP contribution < -0.4 is 10.2 Å². The molecule has 2 heterocycles. The van der Waals surface area contributed by atoms with Crippen molar-refractivity contribution in [2.75, 3.05) is 29.9 Å². The molecule has 0 saturated carbocycles. The van der Waals surface area contributed by atoms with E-state index in [0.29, 0.717) is 16.9 Å². The second-order valence-corrected chi connectivity index (χ2v) is 7.42. The molecule has 1 aromatic heterocycles. The van der Waals surface area contributed by atoms with E-state index < -0.39 is 18.5 Å². The van der Waals surface area contributed by atoms with Crippen LogP contribution in [0, 0.1) is 20.8 Å². The Morgan fingerprint density at radius 2 is 1.86 bits per heavy atom. The van der Waals surface area contributed by atoms with Crippen molar-refractivity contribution in [2.45, 2.75) is 33.6 Å². The van der Waals surface area contributed by atoms with Crippen LogP contribution in [0.4, 0.5) is 11.4 Å². The van der Waals surface area contributed by atoms with Crippen molar-refractivity contribution in [3.8, 4) is 0 Å². The summed E-state index contributed by atoms with van der Waals surface area (Å²) < 4.78 is 5.12. The molecule has 28 heavy (non-hydrogen) atoms. The highest BCUT2D eigenvalue weighted by molar-refractivity contribution is 6.32. The molecule has 1 amide bonds. The molecule has 1 aliphatic heterocycles. The number of aromatic nitrogens is 1. The molecule has 0 aliphatic carbocycles. The van der Waals surface area contributed by atoms with Crippen molar-refractivity contribution in [2.24, 2.45) is 0 Å². The summed E-state index contributed by atoms with van der Waals surface area (Å²) in [5, 5.41) is 2.84. The molecule has 1 aromatic carbocycles. The van der Waals surface area contributed by atoms with Gasteiger partial charge in [-0.3, -0.25) is 4.79 Å². The van der Waals surface area contributed by atoms with E-state index in [1.807, 2.05) is 25.1 Å². The number of amides is 1. The Labute approximate surface area is 169 Å². The highest BCUT2D eigenvalue weighted by Crippen LogP contribution is 2.26. The molecule has 7 heteroatoms. The minimum absolute atomic E-state index is 0.0797. The zero-order valence-electron chi connectivity index (χ0n) is 16.3. The number of nitrogens with zero attached hydrogens (tertiary/aromatic N) is 2. The summed E-state index contributed by atoms with van der Waals surface area (Å²) in [6, 6.07) is 7.56. The highest BCUT2D eigenvalue weighted by atomic mass is 35.5. The first-order valence-electron chi connectivity index (χ1n) is 9.31. The molecule has 1 saturated heterocycles. The maximum atomic E-state index is 12.3. The van der Waals surface area contributed by atoms with Gasteiger partial charge < -0.3 is 15.0 Å². The van der Waals surface area contributed by atoms with Crippen molar-refractivity contribution in [1.82, 2.24) is 4.98 Å². The molecule has 148 valence electrons. The lowest BCUT2D eigenvalue weighted by molar-refractivity contribution is -0.119. The number of anilines is 2. The number of carbonyl (C=O) groups excluding carboxylic acids is 2. The Morgan fingerprint density at radius 3 is 2.50 bits per heavy atom. The standard InChI is InChI=1S/C21H24ClN3O3/c1-13-11-16(6-7-17(13)25-8-4-5-9-25)24-18(26)12-28-21(27)19-14(2)10-15(3)23-20(19)22/h6-7,10-11H,4-5,8-9,12H2,1-3H3,(H,24,26). The lowest BCUT2D eigenvalue weighted by Gasteiger charge is -2.20. The van der Waals surface area contributed by atoms with E-state index in [4.69, 9.17) is 16.3 Å². The van der Waals surface area contributed by atoms with E-state index in [2.05, 4.69) is 15.2 Å². The molecule has 0 unspecified atom stereocenters. The molecule has 0 bridgehead atoms. The number of aryl methyl sites for hydroxylation is 3. The Balaban J connectivity index is 1.59. The van der Waals surface area contributed by atoms with Gasteiger partial charge in [-0.25, -0.2) is 9.78 Å². The van der Waals surface area contributed by atoms with Crippen molar-refractivity contribution in [3.05, 3.63) is 51.8 Å². The van der Waals surface area contributed by atoms with Crippen LogP contribution in [0.15, 0.2) is 24.3 Å². The van der Waals surface area contributed by atoms with Gasteiger partial charge in [0.1, 0.15) is 5.15 Å². The Morgan fingerprint density at radius 1 is 1.14 bits per heavy atom. The summed E-state index contributed by atoms with van der Waals surface area (Å²) in [5.41, 5.74) is 4.53. The van der Waals surface area contributed by atoms with Gasteiger partial charge in [-0.1, -0.05) is 11.6 Å². The first-order chi connectivity index (χ1) is 13.3. The lowest BCUT2D eigenvalue weighted by Crippen LogP contribution is -2.22. The van der Waals surface area contributed by atoms with Crippen molar-refractivity contribution in [1.29, 1.82) is 0 Å². The molecule has 2 aromatic rings. The van der Waals surface area contributed by atoms with E-state index >= 15 is 0 Å². The Kier molecular flexibility index (Phi) is 6.19. The van der Waals surface area contributed by atoms with E-state index in [9.17, 15) is 9.59 Å². The van der Waals surface area contributed by atoms with Gasteiger partial charge in [0.25, 0.3) is 5.91 Å². The van der Waals surface area contributed by atoms with Crippen LogP contribution in [-0.2, 0) is 9.53 Å². The van der Waals surface area contributed by atoms with E-state index in [1.165, 1.54) is 18.5 Å². The summed E-state index contributed by atoms with van der Waals surface area (Å²) in [6.45, 7) is 7.31. The van der Waals surface area contributed by atoms with Crippen LogP contribution in [0.3, 0.4) is 0 Å². The number of nitrogens with one attached hydrogen (secondary N) is 1. The number of hydrogen-bond acceptors (Lipinski definition) is 5. The quantitative estimate of drug-likeness (QED) is 0.604. The molecule has 6 nitrogen and oxygen atoms in total. The third-order valence-electron chi connectivity index (χ3n) is 4.77. The molecule has 3 rings (SSSR count). The van der Waals surface area contributed by atoms with Crippen molar-refractivity contribution >= 4 is 34.9 Å². The highest BCUT2D eigenvalue weighted by Gasteiger charge is 2.19. The normalized spacial score (nSPS) is 13.5. The largest absolute Gasteiger partial charge is 0.452 e. The Bertz CT molecular complexity index is 885. The Hall–Kier alpha value is -2.60. The van der Waals surface area contributed by atoms with Gasteiger partial charge >= 0.3 is 5.97 Å². The summed E-state index contributed by atoms with van der Waals surface area (Å²) in [4.78, 5) is 30.9. The van der Waals surface area contributed by atoms with Gasteiger partial charge in [0.2, 0.25) is 0 Å². The lowest BCUT2D eigenvalue weighted by atomic mass is 10.1. The summed E-state index contributed by atoms with van der Waals surface area (Å²) >= 11 is 6.04. The molecule has 0 atom stereocenters. The van der Waals surface area contributed by atoms with E-state index in [0.717, 1.165) is 18.7 Å². The number of rotatable bonds is 5. The fourth-order valence-corrected chi connectivity index (χ4v) is 3.84. The van der Waals surface area contributed by atoms with Crippen LogP contribution in [0.25, 0.3) is 0 Å². The third kappa shape index (κ3) is 4.62. The molecular weight excluding hydrogens is 378 g/mol. The monoisotopic (exact) mass is 401 g/mol. The summed E-state index contributed by atoms with van der Waals surface area (Å²) in [5.74, 6) is -1.07. The van der Waals surface area contributed by atoms with Crippen molar-refractivity contribution in [3.63, 3.8) is 0 Å². The first-order valence-corrected chi connectivity index (χ1v) is 9.69. The molecule has 1 fully saturated rings. The molecule has 1 N–H and O–H groups in total. The predicted octanol–water partition coefficient (Wildman–Crippen LogP) is 4.06. The number of hydrogen-bond donors (Lipinski definition) is 1. The third-order valence-corrected chi connectivity index (χ3v) is 5.04. The van der Waals surface area contributed by atoms with Gasteiger partial charge in [0.15, 0.2) is 6.61 Å². The van der Waals surface area contributed by atoms with Crippen LogP contribution in [0.2, 0.25) is 5.15 Å². The van der Waals surface area contributed by atoms with Gasteiger partial charge in [0.05, 0.1) is 5.56 Å². The van der Waals surface area contributed by atoms with Gasteiger partial charge in [-0.05, 0) is 69.0 Å². The second-order valence-electron chi connectivity index (χ2n) is 7.07. The topological polar surface area (TPSA) is 71.5 Å². The molecule has 0 radical (unpaired) electrons. The number of halogens is 1. The SMILES string of the molecule is Cc1cc(C)c(C(=O)OCC(=O)Nc2ccc(N3CCCC3)c(C)c2)c(Cl)n1. The minimum Gasteiger partial charge on any atom is -0.452 e. The molecule has 0 spiro atoms. The van der Waals surface area contributed by atoms with Gasteiger partial charge in [-0.2, -0.15) is 0 Å². The average molecular weight is 402 g/mol. The zero-order valence-corrected chi connectivity index (χ0v) is 17.1. The maximum absolute atomic E-state index is 12.3. The van der Waals surface area contributed by atoms with E-state index in [1.54, 1.807) is 19.9 Å². The van der Waals surface area contributed by atoms with Crippen LogP contribution in [0.5, 0.6) is 0 Å². The number of pyridine rings is 1. The van der Waals surface area contributed by atoms with Crippen LogP contribution in [0.1, 0.15) is 40.0 Å². The number of esters is 1.